The van der Waals surface area contributed by atoms with Gasteiger partial charge in [-0.1, -0.05) is 19.8 Å². The van der Waals surface area contributed by atoms with Crippen molar-refractivity contribution >= 4 is 15.7 Å². The normalized spacial score (nSPS) is 18.3. The van der Waals surface area contributed by atoms with Gasteiger partial charge in [0.15, 0.2) is 0 Å². The lowest BCUT2D eigenvalue weighted by molar-refractivity contribution is 0.285. The lowest BCUT2D eigenvalue weighted by Crippen LogP contribution is -2.35. The quantitative estimate of drug-likeness (QED) is 0.821. The first kappa shape index (κ1) is 15.3. The highest BCUT2D eigenvalue weighted by Crippen LogP contribution is 2.40. The van der Waals surface area contributed by atoms with Crippen molar-refractivity contribution in [2.75, 3.05) is 12.3 Å². The van der Waals surface area contributed by atoms with Gasteiger partial charge in [0.1, 0.15) is 0 Å². The fraction of sp³-hybridized carbons (Fsp3) is 0.600. The Morgan fingerprint density at radius 2 is 1.95 bits per heavy atom. The number of nitrogens with one attached hydrogen (secondary N) is 1. The third-order valence-corrected chi connectivity index (χ3v) is 6.00. The number of nitrogens with two attached hydrogens (primary N) is 1. The lowest BCUT2D eigenvalue weighted by atomic mass is 9.84. The highest BCUT2D eigenvalue weighted by molar-refractivity contribution is 7.89. The van der Waals surface area contributed by atoms with Crippen LogP contribution >= 0.6 is 0 Å². The molecule has 1 aliphatic rings. The molecule has 0 heterocycles. The van der Waals surface area contributed by atoms with Crippen LogP contribution in [0.25, 0.3) is 0 Å². The Hall–Kier alpha value is -1.07. The summed E-state index contributed by atoms with van der Waals surface area (Å²) in [6.07, 6.45) is 5.67. The van der Waals surface area contributed by atoms with Crippen LogP contribution in [0.2, 0.25) is 0 Å². The first-order chi connectivity index (χ1) is 9.38. The average molecular weight is 296 g/mol. The summed E-state index contributed by atoms with van der Waals surface area (Å²) >= 11 is 0. The highest BCUT2D eigenvalue weighted by atomic mass is 32.2. The minimum absolute atomic E-state index is 0.149. The van der Waals surface area contributed by atoms with Gasteiger partial charge >= 0.3 is 0 Å². The number of rotatable bonds is 5. The van der Waals surface area contributed by atoms with Gasteiger partial charge in [-0.3, -0.25) is 0 Å². The second-order valence-corrected chi connectivity index (χ2v) is 7.67. The molecule has 1 aromatic carbocycles. The minimum atomic E-state index is -3.44. The molecule has 0 amide bonds. The molecule has 112 valence electrons. The summed E-state index contributed by atoms with van der Waals surface area (Å²) in [5, 5.41) is 0. The van der Waals surface area contributed by atoms with Crippen LogP contribution in [0.15, 0.2) is 23.1 Å². The second-order valence-electron chi connectivity index (χ2n) is 5.90. The van der Waals surface area contributed by atoms with Gasteiger partial charge < -0.3 is 5.73 Å². The Balaban J connectivity index is 2.13. The smallest absolute Gasteiger partial charge is 0.240 e. The zero-order valence-electron chi connectivity index (χ0n) is 12.3. The van der Waals surface area contributed by atoms with Crippen LogP contribution in [0.4, 0.5) is 5.69 Å². The maximum Gasteiger partial charge on any atom is 0.240 e. The predicted octanol–water partition coefficient (Wildman–Crippen LogP) is 2.83. The van der Waals surface area contributed by atoms with Crippen molar-refractivity contribution in [2.45, 2.75) is 50.8 Å². The number of nitrogen functional groups attached to an aromatic ring is 1. The fourth-order valence-corrected chi connectivity index (χ4v) is 4.17. The van der Waals surface area contributed by atoms with E-state index in [1.807, 2.05) is 6.92 Å². The highest BCUT2D eigenvalue weighted by Gasteiger charge is 2.33. The molecule has 0 atom stereocenters. The lowest BCUT2D eigenvalue weighted by Gasteiger charge is -2.27. The van der Waals surface area contributed by atoms with Gasteiger partial charge in [-0.2, -0.15) is 0 Å². The molecule has 1 fully saturated rings. The van der Waals surface area contributed by atoms with E-state index in [-0.39, 0.29) is 5.41 Å². The third-order valence-electron chi connectivity index (χ3n) is 4.60. The van der Waals surface area contributed by atoms with E-state index in [0.717, 1.165) is 24.8 Å². The molecule has 0 saturated heterocycles. The van der Waals surface area contributed by atoms with Crippen molar-refractivity contribution in [3.63, 3.8) is 0 Å². The van der Waals surface area contributed by atoms with E-state index >= 15 is 0 Å². The van der Waals surface area contributed by atoms with Crippen LogP contribution in [0.5, 0.6) is 0 Å². The topological polar surface area (TPSA) is 72.2 Å². The molecule has 0 spiro atoms. The number of anilines is 1. The van der Waals surface area contributed by atoms with E-state index in [4.69, 9.17) is 5.73 Å². The Morgan fingerprint density at radius 3 is 2.50 bits per heavy atom. The van der Waals surface area contributed by atoms with Crippen molar-refractivity contribution in [3.05, 3.63) is 23.8 Å². The van der Waals surface area contributed by atoms with Gasteiger partial charge in [-0.05, 0) is 55.4 Å². The van der Waals surface area contributed by atoms with Gasteiger partial charge in [0.2, 0.25) is 10.0 Å². The summed E-state index contributed by atoms with van der Waals surface area (Å²) in [5.41, 5.74) is 7.29. The Bertz CT molecular complexity index is 576. The maximum absolute atomic E-state index is 12.4. The van der Waals surface area contributed by atoms with Gasteiger partial charge in [0.05, 0.1) is 4.90 Å². The van der Waals surface area contributed by atoms with Crippen molar-refractivity contribution in [2.24, 2.45) is 5.41 Å². The molecule has 4 nitrogen and oxygen atoms in total. The first-order valence-corrected chi connectivity index (χ1v) is 8.73. The molecule has 0 aliphatic heterocycles. The van der Waals surface area contributed by atoms with Crippen LogP contribution < -0.4 is 10.5 Å². The Morgan fingerprint density at radius 1 is 1.30 bits per heavy atom. The van der Waals surface area contributed by atoms with E-state index in [2.05, 4.69) is 11.6 Å². The Labute approximate surface area is 121 Å². The van der Waals surface area contributed by atoms with Crippen molar-refractivity contribution in [1.29, 1.82) is 0 Å². The van der Waals surface area contributed by atoms with Crippen LogP contribution in [-0.4, -0.2) is 15.0 Å². The molecule has 5 heteroatoms. The van der Waals surface area contributed by atoms with E-state index in [9.17, 15) is 8.42 Å². The maximum atomic E-state index is 12.4. The summed E-state index contributed by atoms with van der Waals surface area (Å²) < 4.78 is 27.5. The van der Waals surface area contributed by atoms with Gasteiger partial charge in [0.25, 0.3) is 0 Å². The standard InChI is InChI=1S/C15H24N2O2S/c1-3-15(8-4-5-9-15)11-17-20(18,19)13-6-7-14(16)12(2)10-13/h6-7,10,17H,3-5,8-9,11,16H2,1-2H3. The first-order valence-electron chi connectivity index (χ1n) is 7.24. The predicted molar refractivity (Wildman–Crippen MR) is 82.0 cm³/mol. The van der Waals surface area contributed by atoms with Gasteiger partial charge in [-0.15, -0.1) is 0 Å². The van der Waals surface area contributed by atoms with E-state index < -0.39 is 10.0 Å². The molecule has 0 bridgehead atoms. The molecule has 0 aromatic heterocycles. The number of sulfonamides is 1. The molecule has 1 aliphatic carbocycles. The molecule has 3 N–H and O–H groups in total. The minimum Gasteiger partial charge on any atom is -0.399 e. The second kappa shape index (κ2) is 5.74. The van der Waals surface area contributed by atoms with Crippen molar-refractivity contribution in [3.8, 4) is 0 Å². The molecule has 2 rings (SSSR count). The molecule has 1 aromatic rings. The largest absolute Gasteiger partial charge is 0.399 e. The zero-order valence-corrected chi connectivity index (χ0v) is 13.1. The SMILES string of the molecule is CCC1(CNS(=O)(=O)c2ccc(N)c(C)c2)CCCC1. The Kier molecular flexibility index (Phi) is 4.39. The average Bonchev–Trinajstić information content (AvgIpc) is 2.89. The van der Waals surface area contributed by atoms with Crippen molar-refractivity contribution in [1.82, 2.24) is 4.72 Å². The van der Waals surface area contributed by atoms with Gasteiger partial charge in [-0.25, -0.2) is 13.1 Å². The number of hydrogen-bond acceptors (Lipinski definition) is 3. The summed E-state index contributed by atoms with van der Waals surface area (Å²) in [4.78, 5) is 0.299. The third kappa shape index (κ3) is 3.15. The molecule has 1 saturated carbocycles. The summed E-state index contributed by atoms with van der Waals surface area (Å²) in [6.45, 7) is 4.50. The summed E-state index contributed by atoms with van der Waals surface area (Å²) in [6, 6.07) is 4.85. The molecule has 20 heavy (non-hydrogen) atoms. The molecular formula is C15H24N2O2S. The van der Waals surface area contributed by atoms with Crippen LogP contribution in [0.1, 0.15) is 44.6 Å². The van der Waals surface area contributed by atoms with Crippen molar-refractivity contribution < 1.29 is 8.42 Å². The molecule has 0 radical (unpaired) electrons. The summed E-state index contributed by atoms with van der Waals surface area (Å²) in [7, 11) is -3.44. The van der Waals surface area contributed by atoms with Crippen LogP contribution in [-0.2, 0) is 10.0 Å². The molecule has 0 unspecified atom stereocenters. The molecular weight excluding hydrogens is 272 g/mol. The number of hydrogen-bond donors (Lipinski definition) is 2. The van der Waals surface area contributed by atoms with E-state index in [1.54, 1.807) is 18.2 Å². The van der Waals surface area contributed by atoms with E-state index in [0.29, 0.717) is 17.1 Å². The zero-order chi connectivity index (χ0) is 14.8. The monoisotopic (exact) mass is 296 g/mol. The van der Waals surface area contributed by atoms with Crippen LogP contribution in [0.3, 0.4) is 0 Å². The number of aryl methyl sites for hydroxylation is 1. The van der Waals surface area contributed by atoms with E-state index in [1.165, 1.54) is 12.8 Å². The fourth-order valence-electron chi connectivity index (χ4n) is 2.93. The summed E-state index contributed by atoms with van der Waals surface area (Å²) in [5.74, 6) is 0. The van der Waals surface area contributed by atoms with Crippen LogP contribution in [0, 0.1) is 12.3 Å². The van der Waals surface area contributed by atoms with Gasteiger partial charge in [0, 0.05) is 12.2 Å². The number of benzene rings is 1.